The maximum absolute atomic E-state index is 13.1. The minimum atomic E-state index is -5.00. The predicted molar refractivity (Wildman–Crippen MR) is 103 cm³/mol. The molecule has 33 heavy (non-hydrogen) atoms. The van der Waals surface area contributed by atoms with Crippen molar-refractivity contribution in [3.63, 3.8) is 0 Å². The maximum atomic E-state index is 13.1. The summed E-state index contributed by atoms with van der Waals surface area (Å²) in [7, 11) is 2.92. The summed E-state index contributed by atoms with van der Waals surface area (Å²) in [6.07, 6.45) is -9.99. The summed E-state index contributed by atoms with van der Waals surface area (Å²) in [5.74, 6) is -0.705. The van der Waals surface area contributed by atoms with Crippen molar-refractivity contribution in [3.8, 4) is 0 Å². The van der Waals surface area contributed by atoms with Crippen molar-refractivity contribution in [1.29, 1.82) is 0 Å². The van der Waals surface area contributed by atoms with Gasteiger partial charge in [-0.05, 0) is 29.3 Å². The number of carbonyl (C=O) groups excluding carboxylic acids is 2. The van der Waals surface area contributed by atoms with Gasteiger partial charge in [-0.2, -0.15) is 31.4 Å². The van der Waals surface area contributed by atoms with Crippen LogP contribution < -0.4 is 5.32 Å². The van der Waals surface area contributed by atoms with Gasteiger partial charge in [0.05, 0.1) is 24.3 Å². The third kappa shape index (κ3) is 4.96. The van der Waals surface area contributed by atoms with Crippen molar-refractivity contribution < 1.29 is 40.7 Å². The van der Waals surface area contributed by atoms with E-state index in [-0.39, 0.29) is 11.6 Å². The highest BCUT2D eigenvalue weighted by atomic mass is 19.4. The average Bonchev–Trinajstić information content (AvgIpc) is 2.98. The number of rotatable bonds is 6. The Morgan fingerprint density at radius 3 is 1.94 bits per heavy atom. The smallest absolute Gasteiger partial charge is 0.373 e. The molecule has 0 bridgehead atoms. The van der Waals surface area contributed by atoms with Crippen molar-refractivity contribution >= 4 is 11.9 Å². The van der Waals surface area contributed by atoms with E-state index in [0.29, 0.717) is 17.7 Å². The van der Waals surface area contributed by atoms with E-state index in [4.69, 9.17) is 4.74 Å². The van der Waals surface area contributed by atoms with Gasteiger partial charge < -0.3 is 10.1 Å². The number of alkyl halides is 6. The fourth-order valence-electron chi connectivity index (χ4n) is 3.45. The van der Waals surface area contributed by atoms with Crippen LogP contribution in [0.1, 0.15) is 22.3 Å². The molecule has 3 rings (SSSR count). The van der Waals surface area contributed by atoms with Crippen LogP contribution in [0.2, 0.25) is 0 Å². The van der Waals surface area contributed by atoms with Gasteiger partial charge in [-0.15, -0.1) is 0 Å². The number of nitrogens with zero attached hydrogens (tertiary/aromatic N) is 2. The number of carbonyl (C=O) groups is 2. The summed E-state index contributed by atoms with van der Waals surface area (Å²) < 4.78 is 84.0. The van der Waals surface area contributed by atoms with Gasteiger partial charge in [-0.3, -0.25) is 4.79 Å². The van der Waals surface area contributed by atoms with E-state index >= 15 is 0 Å². The zero-order chi connectivity index (χ0) is 24.6. The monoisotopic (exact) mass is 475 g/mol. The third-order valence-electron chi connectivity index (χ3n) is 4.97. The van der Waals surface area contributed by atoms with Gasteiger partial charge in [0.25, 0.3) is 5.91 Å². The molecule has 1 fully saturated rings. The summed E-state index contributed by atoms with van der Waals surface area (Å²) >= 11 is 0. The number of benzene rings is 2. The number of hydrazine groups is 1. The first-order valence-corrected chi connectivity index (χ1v) is 9.51. The highest BCUT2D eigenvalue weighted by molar-refractivity contribution is 6.07. The molecule has 12 heteroatoms. The molecule has 0 aromatic heterocycles. The van der Waals surface area contributed by atoms with Crippen LogP contribution in [0.25, 0.3) is 0 Å². The highest BCUT2D eigenvalue weighted by Crippen LogP contribution is 2.37. The Balaban J connectivity index is 1.91. The zero-order valence-electron chi connectivity index (χ0n) is 17.4. The number of ether oxygens (including phenoxy) is 1. The summed E-state index contributed by atoms with van der Waals surface area (Å²) in [5, 5.41) is 4.60. The standard InChI is InChI=1S/C21H19F6N3O3/c1-29(2)30-17(31)19(28-18(30)32,14-6-4-3-5-7-14)12-33-11-13-8-15(20(22,23)24)10-16(9-13)21(25,26)27/h3-10H,11-12H2,1-2H3,(H,28,32). The van der Waals surface area contributed by atoms with Crippen LogP contribution in [0.4, 0.5) is 31.1 Å². The van der Waals surface area contributed by atoms with Gasteiger partial charge in [-0.1, -0.05) is 30.3 Å². The molecule has 3 amide bonds. The lowest BCUT2D eigenvalue weighted by molar-refractivity contribution is -0.143. The van der Waals surface area contributed by atoms with Gasteiger partial charge in [0.2, 0.25) is 0 Å². The molecule has 0 saturated carbocycles. The van der Waals surface area contributed by atoms with Gasteiger partial charge in [0.1, 0.15) is 0 Å². The Labute approximate surface area is 184 Å². The molecule has 0 spiro atoms. The molecule has 1 saturated heterocycles. The minimum Gasteiger partial charge on any atom is -0.373 e. The number of amides is 3. The first-order chi connectivity index (χ1) is 15.3. The number of hydrogen-bond donors (Lipinski definition) is 1. The first-order valence-electron chi connectivity index (χ1n) is 9.51. The Bertz CT molecular complexity index is 1010. The molecule has 1 heterocycles. The first kappa shape index (κ1) is 24.5. The molecule has 0 aliphatic carbocycles. The maximum Gasteiger partial charge on any atom is 0.416 e. The van der Waals surface area contributed by atoms with Crippen LogP contribution in [0.5, 0.6) is 0 Å². The van der Waals surface area contributed by atoms with Gasteiger partial charge in [0.15, 0.2) is 5.54 Å². The topological polar surface area (TPSA) is 61.9 Å². The molecule has 1 atom stereocenters. The SMILES string of the molecule is CN(C)N1C(=O)NC(COCc2cc(C(F)(F)F)cc(C(F)(F)F)c2)(c2ccccc2)C1=O. The number of halogens is 6. The molecule has 2 aromatic carbocycles. The fourth-order valence-corrected chi connectivity index (χ4v) is 3.45. The van der Waals surface area contributed by atoms with Gasteiger partial charge in [0, 0.05) is 14.1 Å². The second kappa shape index (κ2) is 8.67. The van der Waals surface area contributed by atoms with E-state index in [0.717, 1.165) is 5.01 Å². The van der Waals surface area contributed by atoms with Gasteiger partial charge >= 0.3 is 18.4 Å². The van der Waals surface area contributed by atoms with E-state index in [1.165, 1.54) is 19.1 Å². The number of hydrogen-bond acceptors (Lipinski definition) is 4. The lowest BCUT2D eigenvalue weighted by atomic mass is 9.91. The van der Waals surface area contributed by atoms with Crippen molar-refractivity contribution in [2.45, 2.75) is 24.5 Å². The number of imide groups is 1. The molecular weight excluding hydrogens is 456 g/mol. The van der Waals surface area contributed by atoms with Crippen molar-refractivity contribution in [3.05, 3.63) is 70.8 Å². The van der Waals surface area contributed by atoms with E-state index in [2.05, 4.69) is 5.32 Å². The molecule has 1 unspecified atom stereocenters. The Morgan fingerprint density at radius 1 is 0.939 bits per heavy atom. The summed E-state index contributed by atoms with van der Waals surface area (Å²) in [5.41, 5.74) is -4.71. The Hall–Kier alpha value is -3.12. The second-order valence-corrected chi connectivity index (χ2v) is 7.57. The van der Waals surface area contributed by atoms with Crippen LogP contribution in [0, 0.1) is 0 Å². The lowest BCUT2D eigenvalue weighted by Gasteiger charge is -2.28. The fraction of sp³-hybridized carbons (Fsp3) is 0.333. The molecular formula is C21H19F6N3O3. The molecule has 0 radical (unpaired) electrons. The van der Waals surface area contributed by atoms with E-state index in [9.17, 15) is 35.9 Å². The largest absolute Gasteiger partial charge is 0.416 e. The molecule has 1 aliphatic rings. The van der Waals surface area contributed by atoms with Crippen LogP contribution in [0.3, 0.4) is 0 Å². The molecule has 1 N–H and O–H groups in total. The number of nitrogens with one attached hydrogen (secondary N) is 1. The minimum absolute atomic E-state index is 0.0185. The van der Waals surface area contributed by atoms with Crippen LogP contribution in [-0.4, -0.2) is 42.7 Å². The lowest BCUT2D eigenvalue weighted by Crippen LogP contribution is -2.49. The zero-order valence-corrected chi connectivity index (χ0v) is 17.4. The Morgan fingerprint density at radius 2 is 1.48 bits per heavy atom. The summed E-state index contributed by atoms with van der Waals surface area (Å²) in [6.45, 7) is -1.18. The van der Waals surface area contributed by atoms with Crippen LogP contribution in [-0.2, 0) is 34.0 Å². The third-order valence-corrected chi connectivity index (χ3v) is 4.97. The Kier molecular flexibility index (Phi) is 6.44. The van der Waals surface area contributed by atoms with Crippen molar-refractivity contribution in [2.24, 2.45) is 0 Å². The van der Waals surface area contributed by atoms with Crippen LogP contribution >= 0.6 is 0 Å². The quantitative estimate of drug-likeness (QED) is 0.504. The number of urea groups is 1. The average molecular weight is 475 g/mol. The second-order valence-electron chi connectivity index (χ2n) is 7.57. The predicted octanol–water partition coefficient (Wildman–Crippen LogP) is 4.16. The molecule has 1 aliphatic heterocycles. The van der Waals surface area contributed by atoms with Gasteiger partial charge in [-0.25, -0.2) is 9.80 Å². The van der Waals surface area contributed by atoms with E-state index < -0.39 is 54.2 Å². The van der Waals surface area contributed by atoms with E-state index in [1.807, 2.05) is 0 Å². The van der Waals surface area contributed by atoms with Crippen LogP contribution in [0.15, 0.2) is 48.5 Å². The van der Waals surface area contributed by atoms with E-state index in [1.54, 1.807) is 30.3 Å². The normalized spacial score (nSPS) is 19.4. The summed E-state index contributed by atoms with van der Waals surface area (Å²) in [6, 6.07) is 8.34. The molecule has 6 nitrogen and oxygen atoms in total. The summed E-state index contributed by atoms with van der Waals surface area (Å²) in [4.78, 5) is 25.5. The van der Waals surface area contributed by atoms with Crippen molar-refractivity contribution in [2.75, 3.05) is 20.7 Å². The van der Waals surface area contributed by atoms with Crippen molar-refractivity contribution in [1.82, 2.24) is 15.3 Å². The molecule has 2 aromatic rings. The molecule has 178 valence electrons. The highest BCUT2D eigenvalue weighted by Gasteiger charge is 2.54.